The van der Waals surface area contributed by atoms with E-state index in [-0.39, 0.29) is 12.0 Å². The summed E-state index contributed by atoms with van der Waals surface area (Å²) in [5, 5.41) is 0. The summed E-state index contributed by atoms with van der Waals surface area (Å²) in [6.45, 7) is 7.58. The lowest BCUT2D eigenvalue weighted by Gasteiger charge is -2.31. The van der Waals surface area contributed by atoms with Crippen LogP contribution < -0.4 is 10.6 Å². The molecule has 0 saturated heterocycles. The molecular formula is C15H24N2O3. The van der Waals surface area contributed by atoms with Gasteiger partial charge in [-0.3, -0.25) is 0 Å². The van der Waals surface area contributed by atoms with E-state index in [1.54, 1.807) is 20.1 Å². The average Bonchev–Trinajstić information content (AvgIpc) is 2.42. The van der Waals surface area contributed by atoms with Crippen LogP contribution in [0.5, 0.6) is 0 Å². The number of nitrogens with zero attached hydrogens (tertiary/aromatic N) is 1. The van der Waals surface area contributed by atoms with Crippen LogP contribution >= 0.6 is 0 Å². The van der Waals surface area contributed by atoms with Crippen molar-refractivity contribution in [3.05, 3.63) is 23.8 Å². The summed E-state index contributed by atoms with van der Waals surface area (Å²) in [4.78, 5) is 14.0. The smallest absolute Gasteiger partial charge is 0.340 e. The fourth-order valence-electron chi connectivity index (χ4n) is 2.24. The van der Waals surface area contributed by atoms with Crippen LogP contribution in [-0.4, -0.2) is 38.9 Å². The number of hydrogen-bond donors (Lipinski definition) is 1. The Balaban J connectivity index is 3.11. The lowest BCUT2D eigenvalue weighted by atomic mass is 10.1. The van der Waals surface area contributed by atoms with Crippen LogP contribution in [-0.2, 0) is 9.47 Å². The zero-order valence-electron chi connectivity index (χ0n) is 12.7. The second kappa shape index (κ2) is 7.75. The molecule has 20 heavy (non-hydrogen) atoms. The van der Waals surface area contributed by atoms with Crippen molar-refractivity contribution in [2.75, 3.05) is 37.5 Å². The van der Waals surface area contributed by atoms with Gasteiger partial charge in [0.25, 0.3) is 0 Å². The molecule has 0 radical (unpaired) electrons. The van der Waals surface area contributed by atoms with Crippen LogP contribution in [0.25, 0.3) is 0 Å². The molecule has 0 aliphatic rings. The van der Waals surface area contributed by atoms with E-state index in [1.165, 1.54) is 0 Å². The van der Waals surface area contributed by atoms with Gasteiger partial charge in [-0.05, 0) is 32.9 Å². The van der Waals surface area contributed by atoms with Crippen molar-refractivity contribution in [2.24, 2.45) is 0 Å². The number of carbonyl (C=O) groups excluding carboxylic acids is 1. The third kappa shape index (κ3) is 3.63. The SMILES string of the molecule is CCOC(=O)c1cccc(N(CC)C(C)COC)c1N. The lowest BCUT2D eigenvalue weighted by Crippen LogP contribution is -2.36. The highest BCUT2D eigenvalue weighted by Gasteiger charge is 2.19. The number of hydrogen-bond acceptors (Lipinski definition) is 5. The number of rotatable bonds is 7. The van der Waals surface area contributed by atoms with E-state index in [1.807, 2.05) is 19.1 Å². The van der Waals surface area contributed by atoms with Crippen molar-refractivity contribution >= 4 is 17.3 Å². The summed E-state index contributed by atoms with van der Waals surface area (Å²) in [7, 11) is 1.67. The zero-order chi connectivity index (χ0) is 15.1. The first-order chi connectivity index (χ1) is 9.56. The molecule has 0 fully saturated rings. The second-order valence-corrected chi connectivity index (χ2v) is 4.55. The average molecular weight is 280 g/mol. The van der Waals surface area contributed by atoms with Gasteiger partial charge < -0.3 is 20.1 Å². The van der Waals surface area contributed by atoms with E-state index in [0.717, 1.165) is 12.2 Å². The van der Waals surface area contributed by atoms with Crippen LogP contribution in [0.4, 0.5) is 11.4 Å². The highest BCUT2D eigenvalue weighted by Crippen LogP contribution is 2.28. The summed E-state index contributed by atoms with van der Waals surface area (Å²) >= 11 is 0. The summed E-state index contributed by atoms with van der Waals surface area (Å²) in [5.41, 5.74) is 7.84. The van der Waals surface area contributed by atoms with Gasteiger partial charge in [0.1, 0.15) is 0 Å². The molecule has 0 saturated carbocycles. The lowest BCUT2D eigenvalue weighted by molar-refractivity contribution is 0.0527. The summed E-state index contributed by atoms with van der Waals surface area (Å²) in [6.07, 6.45) is 0. The third-order valence-electron chi connectivity index (χ3n) is 3.17. The Kier molecular flexibility index (Phi) is 6.31. The Morgan fingerprint density at radius 1 is 1.40 bits per heavy atom. The van der Waals surface area contributed by atoms with Crippen LogP contribution in [0.15, 0.2) is 18.2 Å². The molecule has 0 spiro atoms. The molecule has 1 rings (SSSR count). The second-order valence-electron chi connectivity index (χ2n) is 4.55. The van der Waals surface area contributed by atoms with Gasteiger partial charge in [0.05, 0.1) is 30.2 Å². The largest absolute Gasteiger partial charge is 0.462 e. The number of likely N-dealkylation sites (N-methyl/N-ethyl adjacent to an activating group) is 1. The molecule has 0 aliphatic heterocycles. The normalized spacial score (nSPS) is 12.0. The van der Waals surface area contributed by atoms with Crippen LogP contribution in [0.2, 0.25) is 0 Å². The topological polar surface area (TPSA) is 64.8 Å². The number of methoxy groups -OCH3 is 1. The number of nitrogens with two attached hydrogens (primary N) is 1. The number of esters is 1. The minimum atomic E-state index is -0.387. The predicted molar refractivity (Wildman–Crippen MR) is 81.2 cm³/mol. The van der Waals surface area contributed by atoms with E-state index in [4.69, 9.17) is 15.2 Å². The summed E-state index contributed by atoms with van der Waals surface area (Å²) in [5.74, 6) is -0.387. The molecule has 2 N–H and O–H groups in total. The Bertz CT molecular complexity index is 449. The van der Waals surface area contributed by atoms with Crippen LogP contribution in [0.3, 0.4) is 0 Å². The number of anilines is 2. The monoisotopic (exact) mass is 280 g/mol. The molecule has 0 aromatic heterocycles. The van der Waals surface area contributed by atoms with Gasteiger partial charge >= 0.3 is 5.97 Å². The minimum Gasteiger partial charge on any atom is -0.462 e. The maximum absolute atomic E-state index is 11.9. The van der Waals surface area contributed by atoms with Gasteiger partial charge in [-0.15, -0.1) is 0 Å². The van der Waals surface area contributed by atoms with Crippen molar-refractivity contribution in [3.8, 4) is 0 Å². The van der Waals surface area contributed by atoms with E-state index in [9.17, 15) is 4.79 Å². The highest BCUT2D eigenvalue weighted by molar-refractivity contribution is 5.98. The molecule has 5 heteroatoms. The van der Waals surface area contributed by atoms with Crippen molar-refractivity contribution in [1.82, 2.24) is 0 Å². The molecule has 0 heterocycles. The Labute approximate surface area is 120 Å². The van der Waals surface area contributed by atoms with Crippen molar-refractivity contribution in [3.63, 3.8) is 0 Å². The quantitative estimate of drug-likeness (QED) is 0.613. The first-order valence-electron chi connectivity index (χ1n) is 6.87. The van der Waals surface area contributed by atoms with E-state index < -0.39 is 0 Å². The van der Waals surface area contributed by atoms with Crippen LogP contribution in [0, 0.1) is 0 Å². The maximum atomic E-state index is 11.9. The minimum absolute atomic E-state index is 0.171. The van der Waals surface area contributed by atoms with Gasteiger partial charge in [-0.25, -0.2) is 4.79 Å². The maximum Gasteiger partial charge on any atom is 0.340 e. The standard InChI is InChI=1S/C15H24N2O3/c1-5-17(11(3)10-19-4)13-9-7-8-12(14(13)16)15(18)20-6-2/h7-9,11H,5-6,10,16H2,1-4H3. The fraction of sp³-hybridized carbons (Fsp3) is 0.533. The van der Waals surface area contributed by atoms with Gasteiger partial charge in [0.2, 0.25) is 0 Å². The number of para-hydroxylation sites is 1. The molecule has 1 atom stereocenters. The van der Waals surface area contributed by atoms with Crippen molar-refractivity contribution in [1.29, 1.82) is 0 Å². The molecule has 0 amide bonds. The summed E-state index contributed by atoms with van der Waals surface area (Å²) in [6, 6.07) is 5.59. The Morgan fingerprint density at radius 2 is 2.10 bits per heavy atom. The highest BCUT2D eigenvalue weighted by atomic mass is 16.5. The van der Waals surface area contributed by atoms with Crippen LogP contribution in [0.1, 0.15) is 31.1 Å². The van der Waals surface area contributed by atoms with E-state index >= 15 is 0 Å². The first-order valence-corrected chi connectivity index (χ1v) is 6.87. The Morgan fingerprint density at radius 3 is 2.65 bits per heavy atom. The molecule has 0 bridgehead atoms. The number of carbonyl (C=O) groups is 1. The van der Waals surface area contributed by atoms with Gasteiger partial charge in [0, 0.05) is 19.7 Å². The fourth-order valence-corrected chi connectivity index (χ4v) is 2.24. The van der Waals surface area contributed by atoms with Gasteiger partial charge in [-0.1, -0.05) is 6.07 Å². The zero-order valence-corrected chi connectivity index (χ0v) is 12.7. The van der Waals surface area contributed by atoms with E-state index in [0.29, 0.717) is 24.5 Å². The molecule has 1 aromatic carbocycles. The molecule has 1 aromatic rings. The number of benzene rings is 1. The van der Waals surface area contributed by atoms with Crippen molar-refractivity contribution < 1.29 is 14.3 Å². The van der Waals surface area contributed by atoms with Gasteiger partial charge in [0.15, 0.2) is 0 Å². The number of nitrogen functional groups attached to an aromatic ring is 1. The third-order valence-corrected chi connectivity index (χ3v) is 3.17. The van der Waals surface area contributed by atoms with Crippen molar-refractivity contribution in [2.45, 2.75) is 26.8 Å². The number of ether oxygens (including phenoxy) is 2. The predicted octanol–water partition coefficient (Wildman–Crippen LogP) is 2.31. The molecule has 1 unspecified atom stereocenters. The summed E-state index contributed by atoms with van der Waals surface area (Å²) < 4.78 is 10.2. The first kappa shape index (κ1) is 16.3. The Hall–Kier alpha value is -1.75. The van der Waals surface area contributed by atoms with Gasteiger partial charge in [-0.2, -0.15) is 0 Å². The molecule has 0 aliphatic carbocycles. The molecule has 5 nitrogen and oxygen atoms in total. The molecular weight excluding hydrogens is 256 g/mol. The molecule has 112 valence electrons. The van der Waals surface area contributed by atoms with E-state index in [2.05, 4.69) is 11.8 Å².